The van der Waals surface area contributed by atoms with Gasteiger partial charge in [-0.1, -0.05) is 13.8 Å². The molecule has 5 heteroatoms. The van der Waals surface area contributed by atoms with E-state index in [1.54, 1.807) is 11.9 Å². The highest BCUT2D eigenvalue weighted by Gasteiger charge is 2.32. The molecule has 1 aliphatic carbocycles. The lowest BCUT2D eigenvalue weighted by Crippen LogP contribution is -2.48. The fourth-order valence-corrected chi connectivity index (χ4v) is 2.49. The lowest BCUT2D eigenvalue weighted by Gasteiger charge is -2.39. The topological polar surface area (TPSA) is 83.6 Å². The van der Waals surface area contributed by atoms with Crippen molar-refractivity contribution in [3.05, 3.63) is 0 Å². The van der Waals surface area contributed by atoms with Gasteiger partial charge in [0.15, 0.2) is 0 Å². The van der Waals surface area contributed by atoms with Crippen molar-refractivity contribution < 1.29 is 14.7 Å². The SMILES string of the molecule is CN(C(=O)C(N)CC(=O)O)C1CCC(C)(C)CC1. The largest absolute Gasteiger partial charge is 0.481 e. The number of carboxylic acid groups (broad SMARTS) is 1. The van der Waals surface area contributed by atoms with Crippen LogP contribution in [0.1, 0.15) is 46.0 Å². The van der Waals surface area contributed by atoms with Crippen LogP contribution in [0.15, 0.2) is 0 Å². The molecule has 1 rings (SSSR count). The standard InChI is InChI=1S/C13H24N2O3/c1-13(2)6-4-9(5-7-13)15(3)12(18)10(14)8-11(16)17/h9-10H,4-8,14H2,1-3H3,(H,16,17). The molecule has 0 spiro atoms. The molecule has 1 amide bonds. The Kier molecular flexibility index (Phi) is 4.73. The van der Waals surface area contributed by atoms with Gasteiger partial charge in [0.2, 0.25) is 5.91 Å². The zero-order valence-electron chi connectivity index (χ0n) is 11.5. The van der Waals surface area contributed by atoms with Gasteiger partial charge in [-0.15, -0.1) is 0 Å². The molecule has 0 bridgehead atoms. The first-order chi connectivity index (χ1) is 8.23. The summed E-state index contributed by atoms with van der Waals surface area (Å²) >= 11 is 0. The van der Waals surface area contributed by atoms with E-state index >= 15 is 0 Å². The second-order valence-corrected chi connectivity index (χ2v) is 6.05. The summed E-state index contributed by atoms with van der Waals surface area (Å²) in [5, 5.41) is 8.64. The summed E-state index contributed by atoms with van der Waals surface area (Å²) in [6.45, 7) is 4.47. The average Bonchev–Trinajstić information content (AvgIpc) is 2.26. The number of carbonyl (C=O) groups is 2. The molecule has 1 atom stereocenters. The van der Waals surface area contributed by atoms with E-state index in [1.807, 2.05) is 0 Å². The Hall–Kier alpha value is -1.10. The first-order valence-electron chi connectivity index (χ1n) is 6.47. The zero-order chi connectivity index (χ0) is 13.9. The van der Waals surface area contributed by atoms with E-state index in [0.29, 0.717) is 5.41 Å². The van der Waals surface area contributed by atoms with E-state index in [1.165, 1.54) is 0 Å². The van der Waals surface area contributed by atoms with Gasteiger partial charge in [0, 0.05) is 13.1 Å². The van der Waals surface area contributed by atoms with Gasteiger partial charge in [0.25, 0.3) is 0 Å². The van der Waals surface area contributed by atoms with Gasteiger partial charge in [-0.05, 0) is 31.1 Å². The van der Waals surface area contributed by atoms with Crippen molar-refractivity contribution in [3.8, 4) is 0 Å². The molecule has 0 radical (unpaired) electrons. The quantitative estimate of drug-likeness (QED) is 0.792. The second kappa shape index (κ2) is 5.69. The van der Waals surface area contributed by atoms with Crippen LogP contribution in [0, 0.1) is 5.41 Å². The summed E-state index contributed by atoms with van der Waals surface area (Å²) in [5.41, 5.74) is 5.96. The molecule has 1 fully saturated rings. The highest BCUT2D eigenvalue weighted by molar-refractivity contribution is 5.86. The maximum Gasteiger partial charge on any atom is 0.305 e. The summed E-state index contributed by atoms with van der Waals surface area (Å²) in [7, 11) is 1.73. The maximum atomic E-state index is 12.0. The van der Waals surface area contributed by atoms with Crippen LogP contribution in [0.5, 0.6) is 0 Å². The molecule has 0 aliphatic heterocycles. The van der Waals surface area contributed by atoms with Crippen LogP contribution in [0.2, 0.25) is 0 Å². The number of carbonyl (C=O) groups excluding carboxylic acids is 1. The van der Waals surface area contributed by atoms with Crippen LogP contribution in [-0.2, 0) is 9.59 Å². The first-order valence-corrected chi connectivity index (χ1v) is 6.47. The van der Waals surface area contributed by atoms with Crippen molar-refractivity contribution >= 4 is 11.9 Å². The molecule has 0 saturated heterocycles. The predicted molar refractivity (Wildman–Crippen MR) is 69.0 cm³/mol. The number of nitrogens with two attached hydrogens (primary N) is 1. The van der Waals surface area contributed by atoms with Crippen molar-refractivity contribution in [2.45, 2.75) is 58.0 Å². The molecule has 1 unspecified atom stereocenters. The summed E-state index contributed by atoms with van der Waals surface area (Å²) in [5.74, 6) is -1.30. The third kappa shape index (κ3) is 3.98. The second-order valence-electron chi connectivity index (χ2n) is 6.05. The lowest BCUT2D eigenvalue weighted by atomic mass is 9.75. The molecule has 0 aromatic heterocycles. The molecule has 104 valence electrons. The van der Waals surface area contributed by atoms with Gasteiger partial charge in [-0.3, -0.25) is 9.59 Å². The maximum absolute atomic E-state index is 12.0. The van der Waals surface area contributed by atoms with Gasteiger partial charge in [0.1, 0.15) is 0 Å². The molecule has 0 aromatic rings. The van der Waals surface area contributed by atoms with Gasteiger partial charge < -0.3 is 15.7 Å². The number of hydrogen-bond donors (Lipinski definition) is 2. The molecule has 1 saturated carbocycles. The normalized spacial score (nSPS) is 21.3. The Morgan fingerprint density at radius 2 is 1.89 bits per heavy atom. The fraction of sp³-hybridized carbons (Fsp3) is 0.846. The highest BCUT2D eigenvalue weighted by atomic mass is 16.4. The van der Waals surface area contributed by atoms with Gasteiger partial charge in [-0.25, -0.2) is 0 Å². The van der Waals surface area contributed by atoms with Crippen LogP contribution in [0.4, 0.5) is 0 Å². The van der Waals surface area contributed by atoms with Gasteiger partial charge in [0.05, 0.1) is 12.5 Å². The number of hydrogen-bond acceptors (Lipinski definition) is 3. The first kappa shape index (κ1) is 15.0. The van der Waals surface area contributed by atoms with Crippen LogP contribution in [-0.4, -0.2) is 41.0 Å². The number of carboxylic acids is 1. The Balaban J connectivity index is 2.52. The van der Waals surface area contributed by atoms with Crippen molar-refractivity contribution in [1.82, 2.24) is 4.90 Å². The number of nitrogens with zero attached hydrogens (tertiary/aromatic N) is 1. The van der Waals surface area contributed by atoms with E-state index in [-0.39, 0.29) is 18.4 Å². The van der Waals surface area contributed by atoms with Crippen LogP contribution in [0.3, 0.4) is 0 Å². The van der Waals surface area contributed by atoms with Crippen molar-refractivity contribution in [1.29, 1.82) is 0 Å². The molecular formula is C13H24N2O3. The molecule has 18 heavy (non-hydrogen) atoms. The number of aliphatic carboxylic acids is 1. The summed E-state index contributed by atoms with van der Waals surface area (Å²) in [6.07, 6.45) is 3.80. The van der Waals surface area contributed by atoms with Crippen LogP contribution < -0.4 is 5.73 Å². The summed E-state index contributed by atoms with van der Waals surface area (Å²) < 4.78 is 0. The third-order valence-electron chi connectivity index (χ3n) is 3.92. The Morgan fingerprint density at radius 1 is 1.39 bits per heavy atom. The molecule has 0 aromatic carbocycles. The zero-order valence-corrected chi connectivity index (χ0v) is 11.5. The van der Waals surface area contributed by atoms with Crippen molar-refractivity contribution in [2.75, 3.05) is 7.05 Å². The molecule has 1 aliphatic rings. The van der Waals surface area contributed by atoms with E-state index < -0.39 is 12.0 Å². The monoisotopic (exact) mass is 256 g/mol. The average molecular weight is 256 g/mol. The van der Waals surface area contributed by atoms with Crippen LogP contribution in [0.25, 0.3) is 0 Å². The summed E-state index contributed by atoms with van der Waals surface area (Å²) in [6, 6.07) is -0.729. The minimum atomic E-state index is -1.03. The Morgan fingerprint density at radius 3 is 2.33 bits per heavy atom. The lowest BCUT2D eigenvalue weighted by molar-refractivity contribution is -0.142. The smallest absolute Gasteiger partial charge is 0.305 e. The van der Waals surface area contributed by atoms with Crippen molar-refractivity contribution in [3.63, 3.8) is 0 Å². The Bertz CT molecular complexity index is 318. The molecule has 0 heterocycles. The minimum Gasteiger partial charge on any atom is -0.481 e. The van der Waals surface area contributed by atoms with Gasteiger partial charge in [-0.2, -0.15) is 0 Å². The Labute approximate surface area is 108 Å². The fourth-order valence-electron chi connectivity index (χ4n) is 2.49. The highest BCUT2D eigenvalue weighted by Crippen LogP contribution is 2.36. The van der Waals surface area contributed by atoms with Crippen molar-refractivity contribution in [2.24, 2.45) is 11.1 Å². The van der Waals surface area contributed by atoms with Gasteiger partial charge >= 0.3 is 5.97 Å². The predicted octanol–water partition coefficient (Wildman–Crippen LogP) is 1.22. The summed E-state index contributed by atoms with van der Waals surface area (Å²) in [4.78, 5) is 24.2. The van der Waals surface area contributed by atoms with E-state index in [4.69, 9.17) is 10.8 Å². The third-order valence-corrected chi connectivity index (χ3v) is 3.92. The minimum absolute atomic E-state index is 0.199. The number of amides is 1. The number of rotatable bonds is 4. The molecular weight excluding hydrogens is 232 g/mol. The number of likely N-dealkylation sites (N-methyl/N-ethyl adjacent to an activating group) is 1. The van der Waals surface area contributed by atoms with E-state index in [2.05, 4.69) is 13.8 Å². The van der Waals surface area contributed by atoms with Crippen LogP contribution >= 0.6 is 0 Å². The molecule has 5 nitrogen and oxygen atoms in total. The van der Waals surface area contributed by atoms with E-state index in [9.17, 15) is 9.59 Å². The van der Waals surface area contributed by atoms with E-state index in [0.717, 1.165) is 25.7 Å². The molecule has 3 N–H and O–H groups in total.